The van der Waals surface area contributed by atoms with E-state index < -0.39 is 5.97 Å². The molecule has 1 aromatic carbocycles. The summed E-state index contributed by atoms with van der Waals surface area (Å²) in [6, 6.07) is 4.67. The first kappa shape index (κ1) is 15.2. The molecule has 1 aromatic rings. The summed E-state index contributed by atoms with van der Waals surface area (Å²) in [7, 11) is 0. The summed E-state index contributed by atoms with van der Waals surface area (Å²) < 4.78 is 0. The summed E-state index contributed by atoms with van der Waals surface area (Å²) >= 11 is 0. The van der Waals surface area contributed by atoms with Crippen molar-refractivity contribution in [2.45, 2.75) is 33.6 Å². The maximum atomic E-state index is 12.0. The molecule has 104 valence electrons. The number of rotatable bonds is 6. The number of carboxylic acids is 1. The van der Waals surface area contributed by atoms with Crippen LogP contribution >= 0.6 is 0 Å². The number of nitrogens with one attached hydrogen (secondary N) is 1. The highest BCUT2D eigenvalue weighted by Gasteiger charge is 2.12. The number of hydrogen-bond donors (Lipinski definition) is 2. The highest BCUT2D eigenvalue weighted by Crippen LogP contribution is 2.11. The van der Waals surface area contributed by atoms with Crippen LogP contribution in [0.2, 0.25) is 0 Å². The lowest BCUT2D eigenvalue weighted by Crippen LogP contribution is -2.29. The summed E-state index contributed by atoms with van der Waals surface area (Å²) in [4.78, 5) is 23.0. The van der Waals surface area contributed by atoms with E-state index in [1.54, 1.807) is 19.1 Å². The van der Waals surface area contributed by atoms with E-state index in [1.165, 1.54) is 6.07 Å². The molecule has 1 amide bonds. The third kappa shape index (κ3) is 4.39. The lowest BCUT2D eigenvalue weighted by Gasteiger charge is -2.13. The fourth-order valence-electron chi connectivity index (χ4n) is 1.95. The quantitative estimate of drug-likeness (QED) is 0.829. The lowest BCUT2D eigenvalue weighted by atomic mass is 10.0. The van der Waals surface area contributed by atoms with Crippen LogP contribution in [0, 0.1) is 12.8 Å². The smallest absolute Gasteiger partial charge is 0.335 e. The average molecular weight is 263 g/mol. The van der Waals surface area contributed by atoms with Crippen LogP contribution in [0.25, 0.3) is 0 Å². The van der Waals surface area contributed by atoms with Crippen molar-refractivity contribution in [3.8, 4) is 0 Å². The second-order valence-corrected chi connectivity index (χ2v) is 4.79. The number of amides is 1. The van der Waals surface area contributed by atoms with Crippen LogP contribution in [-0.4, -0.2) is 23.5 Å². The molecular formula is C15H21NO3. The number of carboxylic acid groups (broad SMARTS) is 1. The van der Waals surface area contributed by atoms with Crippen LogP contribution in [0.1, 0.15) is 53.0 Å². The molecule has 0 saturated heterocycles. The summed E-state index contributed by atoms with van der Waals surface area (Å²) in [6.45, 7) is 6.59. The summed E-state index contributed by atoms with van der Waals surface area (Å²) in [5.74, 6) is -0.761. The topological polar surface area (TPSA) is 66.4 Å². The molecule has 0 fully saturated rings. The maximum absolute atomic E-state index is 12.0. The zero-order valence-corrected chi connectivity index (χ0v) is 11.7. The Balaban J connectivity index is 2.79. The summed E-state index contributed by atoms with van der Waals surface area (Å²) in [6.07, 6.45) is 2.04. The fourth-order valence-corrected chi connectivity index (χ4v) is 1.95. The first-order chi connectivity index (χ1) is 8.97. The SMILES string of the molecule is CCC(CC)CNC(=O)c1cc(C)cc(C(=O)O)c1. The van der Waals surface area contributed by atoms with Crippen LogP contribution in [0.3, 0.4) is 0 Å². The van der Waals surface area contributed by atoms with Gasteiger partial charge < -0.3 is 10.4 Å². The summed E-state index contributed by atoms with van der Waals surface area (Å²) in [5.41, 5.74) is 1.32. The minimum absolute atomic E-state index is 0.146. The maximum Gasteiger partial charge on any atom is 0.335 e. The van der Waals surface area contributed by atoms with Gasteiger partial charge in [-0.25, -0.2) is 4.79 Å². The molecular weight excluding hydrogens is 242 g/mol. The number of benzene rings is 1. The van der Waals surface area contributed by atoms with Gasteiger partial charge in [-0.15, -0.1) is 0 Å². The molecule has 4 nitrogen and oxygen atoms in total. The largest absolute Gasteiger partial charge is 0.478 e. The fraction of sp³-hybridized carbons (Fsp3) is 0.467. The molecule has 0 heterocycles. The standard InChI is InChI=1S/C15H21NO3/c1-4-11(5-2)9-16-14(17)12-6-10(3)7-13(8-12)15(18)19/h6-8,11H,4-5,9H2,1-3H3,(H,16,17)(H,18,19). The van der Waals surface area contributed by atoms with Gasteiger partial charge >= 0.3 is 5.97 Å². The normalized spacial score (nSPS) is 10.5. The first-order valence-electron chi connectivity index (χ1n) is 6.61. The Morgan fingerprint density at radius 2 is 1.74 bits per heavy atom. The van der Waals surface area contributed by atoms with Crippen molar-refractivity contribution in [2.24, 2.45) is 5.92 Å². The van der Waals surface area contributed by atoms with E-state index in [4.69, 9.17) is 5.11 Å². The van der Waals surface area contributed by atoms with E-state index in [0.717, 1.165) is 18.4 Å². The van der Waals surface area contributed by atoms with Gasteiger partial charge in [-0.05, 0) is 36.6 Å². The molecule has 0 unspecified atom stereocenters. The molecule has 1 rings (SSSR count). The van der Waals surface area contributed by atoms with E-state index in [1.807, 2.05) is 0 Å². The van der Waals surface area contributed by atoms with Crippen molar-refractivity contribution < 1.29 is 14.7 Å². The van der Waals surface area contributed by atoms with E-state index in [9.17, 15) is 9.59 Å². The molecule has 0 aliphatic heterocycles. The molecule has 0 aliphatic carbocycles. The number of hydrogen-bond acceptors (Lipinski definition) is 2. The minimum Gasteiger partial charge on any atom is -0.478 e. The van der Waals surface area contributed by atoms with Crippen molar-refractivity contribution >= 4 is 11.9 Å². The number of carbonyl (C=O) groups is 2. The average Bonchev–Trinajstić information content (AvgIpc) is 2.38. The molecule has 0 radical (unpaired) electrons. The first-order valence-corrected chi connectivity index (χ1v) is 6.61. The zero-order valence-electron chi connectivity index (χ0n) is 11.7. The highest BCUT2D eigenvalue weighted by molar-refractivity contribution is 5.97. The van der Waals surface area contributed by atoms with Gasteiger partial charge in [0, 0.05) is 12.1 Å². The van der Waals surface area contributed by atoms with Crippen molar-refractivity contribution in [3.63, 3.8) is 0 Å². The van der Waals surface area contributed by atoms with Gasteiger partial charge in [0.15, 0.2) is 0 Å². The van der Waals surface area contributed by atoms with Gasteiger partial charge in [0.25, 0.3) is 5.91 Å². The Morgan fingerprint density at radius 1 is 1.16 bits per heavy atom. The van der Waals surface area contributed by atoms with Gasteiger partial charge in [0.05, 0.1) is 5.56 Å². The predicted octanol–water partition coefficient (Wildman–Crippen LogP) is 2.86. The van der Waals surface area contributed by atoms with Crippen molar-refractivity contribution in [3.05, 3.63) is 34.9 Å². The van der Waals surface area contributed by atoms with E-state index in [-0.39, 0.29) is 11.5 Å². The molecule has 0 aromatic heterocycles. The Hall–Kier alpha value is -1.84. The Labute approximate surface area is 113 Å². The Bertz CT molecular complexity index is 464. The lowest BCUT2D eigenvalue weighted by molar-refractivity contribution is 0.0696. The third-order valence-corrected chi connectivity index (χ3v) is 3.29. The van der Waals surface area contributed by atoms with Gasteiger partial charge in [0.1, 0.15) is 0 Å². The van der Waals surface area contributed by atoms with Gasteiger partial charge in [-0.1, -0.05) is 26.7 Å². The van der Waals surface area contributed by atoms with Crippen molar-refractivity contribution in [1.29, 1.82) is 0 Å². The second kappa shape index (κ2) is 6.92. The molecule has 0 spiro atoms. The van der Waals surface area contributed by atoms with Crippen LogP contribution in [0.15, 0.2) is 18.2 Å². The monoisotopic (exact) mass is 263 g/mol. The van der Waals surface area contributed by atoms with Crippen LogP contribution in [-0.2, 0) is 0 Å². The molecule has 0 aliphatic rings. The van der Waals surface area contributed by atoms with E-state index in [2.05, 4.69) is 19.2 Å². The molecule has 0 saturated carbocycles. The molecule has 19 heavy (non-hydrogen) atoms. The zero-order chi connectivity index (χ0) is 14.4. The predicted molar refractivity (Wildman–Crippen MR) is 74.5 cm³/mol. The van der Waals surface area contributed by atoms with Gasteiger partial charge in [-0.2, -0.15) is 0 Å². The number of aromatic carboxylic acids is 1. The van der Waals surface area contributed by atoms with Crippen molar-refractivity contribution in [2.75, 3.05) is 6.54 Å². The minimum atomic E-state index is -1.02. The van der Waals surface area contributed by atoms with Crippen LogP contribution in [0.5, 0.6) is 0 Å². The Morgan fingerprint density at radius 3 is 2.26 bits per heavy atom. The van der Waals surface area contributed by atoms with Crippen molar-refractivity contribution in [1.82, 2.24) is 5.32 Å². The second-order valence-electron chi connectivity index (χ2n) is 4.79. The molecule has 0 bridgehead atoms. The van der Waals surface area contributed by atoms with Gasteiger partial charge in [0.2, 0.25) is 0 Å². The summed E-state index contributed by atoms with van der Waals surface area (Å²) in [5, 5.41) is 11.8. The van der Waals surface area contributed by atoms with Gasteiger partial charge in [-0.3, -0.25) is 4.79 Å². The van der Waals surface area contributed by atoms with Crippen LogP contribution in [0.4, 0.5) is 0 Å². The molecule has 0 atom stereocenters. The van der Waals surface area contributed by atoms with E-state index in [0.29, 0.717) is 18.0 Å². The van der Waals surface area contributed by atoms with E-state index >= 15 is 0 Å². The molecule has 2 N–H and O–H groups in total. The molecule has 4 heteroatoms. The highest BCUT2D eigenvalue weighted by atomic mass is 16.4. The Kier molecular flexibility index (Phi) is 5.55. The number of carbonyl (C=O) groups excluding carboxylic acids is 1. The third-order valence-electron chi connectivity index (χ3n) is 3.29. The van der Waals surface area contributed by atoms with Crippen LogP contribution < -0.4 is 5.32 Å². The number of aryl methyl sites for hydroxylation is 1.